The van der Waals surface area contributed by atoms with E-state index in [1.807, 2.05) is 24.3 Å². The van der Waals surface area contributed by atoms with Gasteiger partial charge in [-0.1, -0.05) is 11.6 Å². The molecule has 1 aliphatic heterocycles. The van der Waals surface area contributed by atoms with Crippen LogP contribution in [0.2, 0.25) is 5.02 Å². The van der Waals surface area contributed by atoms with E-state index >= 15 is 0 Å². The molecule has 1 aliphatic rings. The zero-order valence-corrected chi connectivity index (χ0v) is 10.4. The van der Waals surface area contributed by atoms with Gasteiger partial charge in [-0.15, -0.1) is 0 Å². The van der Waals surface area contributed by atoms with Crippen LogP contribution in [0, 0.1) is 0 Å². The average Bonchev–Trinajstić information content (AvgIpc) is 2.30. The minimum Gasteiger partial charge on any atom is -0.440 e. The predicted octanol–water partition coefficient (Wildman–Crippen LogP) is 1.64. The molecule has 1 aromatic rings. The first-order chi connectivity index (χ1) is 8.16. The summed E-state index contributed by atoms with van der Waals surface area (Å²) in [4.78, 5) is 13.1. The molecule has 0 saturated carbocycles. The fourth-order valence-corrected chi connectivity index (χ4v) is 2.03. The lowest BCUT2D eigenvalue weighted by molar-refractivity contribution is -0.146. The summed E-state index contributed by atoms with van der Waals surface area (Å²) in [6.45, 7) is 3.75. The summed E-state index contributed by atoms with van der Waals surface area (Å²) in [5, 5.41) is 3.91. The van der Waals surface area contributed by atoms with Gasteiger partial charge in [0.1, 0.15) is 0 Å². The fraction of sp³-hybridized carbons (Fsp3) is 0.417. The summed E-state index contributed by atoms with van der Waals surface area (Å²) in [5.41, 5.74) is 1.02. The summed E-state index contributed by atoms with van der Waals surface area (Å²) < 4.78 is 5.28. The predicted molar refractivity (Wildman–Crippen MR) is 67.2 cm³/mol. The van der Waals surface area contributed by atoms with Crippen LogP contribution in [0.4, 0.5) is 5.69 Å². The minimum atomic E-state index is -0.266. The van der Waals surface area contributed by atoms with Crippen LogP contribution in [0.15, 0.2) is 24.3 Å². The van der Waals surface area contributed by atoms with Crippen molar-refractivity contribution in [2.75, 3.05) is 24.5 Å². The number of carbonyl (C=O) groups excluding carboxylic acids is 1. The smallest absolute Gasteiger partial charge is 0.304 e. The molecule has 4 nitrogen and oxygen atoms in total. The van der Waals surface area contributed by atoms with Crippen LogP contribution >= 0.6 is 11.6 Å². The lowest BCUT2D eigenvalue weighted by atomic mass is 10.2. The maximum atomic E-state index is 11.0. The number of piperazine rings is 1. The van der Waals surface area contributed by atoms with Gasteiger partial charge in [0.15, 0.2) is 6.23 Å². The number of anilines is 1. The average molecular weight is 255 g/mol. The molecule has 0 aromatic heterocycles. The van der Waals surface area contributed by atoms with E-state index in [9.17, 15) is 4.79 Å². The van der Waals surface area contributed by atoms with Crippen LogP contribution in [0.3, 0.4) is 0 Å². The van der Waals surface area contributed by atoms with Gasteiger partial charge in [-0.05, 0) is 24.3 Å². The van der Waals surface area contributed by atoms with Crippen LogP contribution in [-0.2, 0) is 9.53 Å². The van der Waals surface area contributed by atoms with Crippen molar-refractivity contribution in [2.45, 2.75) is 13.2 Å². The maximum absolute atomic E-state index is 11.0. The first-order valence-corrected chi connectivity index (χ1v) is 5.95. The first kappa shape index (κ1) is 12.2. The number of benzene rings is 1. The van der Waals surface area contributed by atoms with Crippen molar-refractivity contribution in [1.29, 1.82) is 0 Å². The summed E-state index contributed by atoms with van der Waals surface area (Å²) in [7, 11) is 0. The van der Waals surface area contributed by atoms with Crippen molar-refractivity contribution in [2.24, 2.45) is 0 Å². The van der Waals surface area contributed by atoms with Gasteiger partial charge in [0.05, 0.1) is 6.54 Å². The van der Waals surface area contributed by atoms with Gasteiger partial charge in [-0.3, -0.25) is 4.79 Å². The van der Waals surface area contributed by atoms with Gasteiger partial charge in [-0.25, -0.2) is 0 Å². The normalized spacial score (nSPS) is 20.1. The summed E-state index contributed by atoms with van der Waals surface area (Å²) in [6, 6.07) is 7.54. The third-order valence-electron chi connectivity index (χ3n) is 2.66. The Kier molecular flexibility index (Phi) is 3.86. The Bertz CT molecular complexity index is 394. The Hall–Kier alpha value is -1.26. The Balaban J connectivity index is 2.15. The highest BCUT2D eigenvalue weighted by molar-refractivity contribution is 6.30. The van der Waals surface area contributed by atoms with Crippen LogP contribution in [0.1, 0.15) is 6.92 Å². The molecular formula is C12H15ClN2O2. The second kappa shape index (κ2) is 5.38. The molecule has 1 N–H and O–H groups in total. The molecule has 1 heterocycles. The van der Waals surface area contributed by atoms with Gasteiger partial charge in [0.25, 0.3) is 0 Å². The SMILES string of the molecule is CC(=O)O[C@@H]1CNCCN1c1ccc(Cl)cc1. The lowest BCUT2D eigenvalue weighted by Gasteiger charge is -2.36. The van der Waals surface area contributed by atoms with Crippen molar-refractivity contribution >= 4 is 23.3 Å². The van der Waals surface area contributed by atoms with Crippen LogP contribution in [0.5, 0.6) is 0 Å². The third-order valence-corrected chi connectivity index (χ3v) is 2.91. The van der Waals surface area contributed by atoms with E-state index in [0.29, 0.717) is 11.6 Å². The molecule has 92 valence electrons. The number of hydrogen-bond donors (Lipinski definition) is 1. The van der Waals surface area contributed by atoms with Crippen LogP contribution < -0.4 is 10.2 Å². The molecule has 1 atom stereocenters. The number of nitrogens with zero attached hydrogens (tertiary/aromatic N) is 1. The van der Waals surface area contributed by atoms with Crippen molar-refractivity contribution in [3.63, 3.8) is 0 Å². The van der Waals surface area contributed by atoms with Gasteiger partial charge in [0.2, 0.25) is 0 Å². The fourth-order valence-electron chi connectivity index (χ4n) is 1.90. The highest BCUT2D eigenvalue weighted by atomic mass is 35.5. The van der Waals surface area contributed by atoms with Gasteiger partial charge < -0.3 is 15.0 Å². The summed E-state index contributed by atoms with van der Waals surface area (Å²) in [6.07, 6.45) is -0.248. The third kappa shape index (κ3) is 3.11. The van der Waals surface area contributed by atoms with E-state index in [0.717, 1.165) is 18.8 Å². The molecular weight excluding hydrogens is 240 g/mol. The quantitative estimate of drug-likeness (QED) is 0.815. The zero-order chi connectivity index (χ0) is 12.3. The molecule has 0 unspecified atom stereocenters. The number of carbonyl (C=O) groups is 1. The number of halogens is 1. The molecule has 0 spiro atoms. The van der Waals surface area contributed by atoms with Crippen LogP contribution in [-0.4, -0.2) is 31.8 Å². The molecule has 5 heteroatoms. The monoisotopic (exact) mass is 254 g/mol. The molecule has 0 radical (unpaired) electrons. The van der Waals surface area contributed by atoms with E-state index in [-0.39, 0.29) is 12.2 Å². The summed E-state index contributed by atoms with van der Waals surface area (Å²) in [5.74, 6) is -0.266. The van der Waals surface area contributed by atoms with Crippen molar-refractivity contribution in [3.8, 4) is 0 Å². The number of hydrogen-bond acceptors (Lipinski definition) is 4. The number of ether oxygens (including phenoxy) is 1. The standard InChI is InChI=1S/C12H15ClN2O2/c1-9(16)17-12-8-14-6-7-15(12)11-4-2-10(13)3-5-11/h2-5,12,14H,6-8H2,1H3/t12-/m1/s1. The number of esters is 1. The Morgan fingerprint density at radius 1 is 1.47 bits per heavy atom. The van der Waals surface area contributed by atoms with Crippen molar-refractivity contribution < 1.29 is 9.53 Å². The molecule has 1 aromatic carbocycles. The van der Waals surface area contributed by atoms with E-state index in [1.165, 1.54) is 6.92 Å². The van der Waals surface area contributed by atoms with Crippen molar-refractivity contribution in [3.05, 3.63) is 29.3 Å². The van der Waals surface area contributed by atoms with Gasteiger partial charge in [0, 0.05) is 30.7 Å². The number of rotatable bonds is 2. The molecule has 0 bridgehead atoms. The first-order valence-electron chi connectivity index (χ1n) is 5.57. The van der Waals surface area contributed by atoms with E-state index in [2.05, 4.69) is 10.2 Å². The Morgan fingerprint density at radius 3 is 2.82 bits per heavy atom. The number of nitrogens with one attached hydrogen (secondary N) is 1. The van der Waals surface area contributed by atoms with Gasteiger partial charge in [-0.2, -0.15) is 0 Å². The van der Waals surface area contributed by atoms with Crippen molar-refractivity contribution in [1.82, 2.24) is 5.32 Å². The van der Waals surface area contributed by atoms with E-state index < -0.39 is 0 Å². The minimum absolute atomic E-state index is 0.248. The molecule has 0 amide bonds. The highest BCUT2D eigenvalue weighted by Crippen LogP contribution is 2.21. The molecule has 1 saturated heterocycles. The van der Waals surface area contributed by atoms with Gasteiger partial charge >= 0.3 is 5.97 Å². The molecule has 1 fully saturated rings. The van der Waals surface area contributed by atoms with E-state index in [4.69, 9.17) is 16.3 Å². The van der Waals surface area contributed by atoms with E-state index in [1.54, 1.807) is 0 Å². The second-order valence-corrected chi connectivity index (χ2v) is 4.37. The summed E-state index contributed by atoms with van der Waals surface area (Å²) >= 11 is 5.86. The Morgan fingerprint density at radius 2 is 2.18 bits per heavy atom. The molecule has 17 heavy (non-hydrogen) atoms. The largest absolute Gasteiger partial charge is 0.440 e. The highest BCUT2D eigenvalue weighted by Gasteiger charge is 2.24. The molecule has 2 rings (SSSR count). The zero-order valence-electron chi connectivity index (χ0n) is 9.65. The van der Waals surface area contributed by atoms with Crippen LogP contribution in [0.25, 0.3) is 0 Å². The topological polar surface area (TPSA) is 41.6 Å². The lowest BCUT2D eigenvalue weighted by Crippen LogP contribution is -2.53. The molecule has 0 aliphatic carbocycles. The maximum Gasteiger partial charge on any atom is 0.304 e. The second-order valence-electron chi connectivity index (χ2n) is 3.94. The Labute approximate surface area is 106 Å².